The number of benzene rings is 7. The minimum absolute atomic E-state index is 0.270. The van der Waals surface area contributed by atoms with Gasteiger partial charge in [0.25, 0.3) is 0 Å². The zero-order chi connectivity index (χ0) is 32.2. The van der Waals surface area contributed by atoms with Gasteiger partial charge in [-0.25, -0.2) is 0 Å². The van der Waals surface area contributed by atoms with Crippen LogP contribution in [-0.2, 0) is 12.8 Å². The minimum Gasteiger partial charge on any atom is -0.324 e. The Labute approximate surface area is 280 Å². The van der Waals surface area contributed by atoms with Crippen molar-refractivity contribution in [1.82, 2.24) is 0 Å². The van der Waals surface area contributed by atoms with Gasteiger partial charge < -0.3 is 9.80 Å². The maximum Gasteiger partial charge on any atom is 0.125 e. The summed E-state index contributed by atoms with van der Waals surface area (Å²) < 4.78 is 0. The van der Waals surface area contributed by atoms with Crippen molar-refractivity contribution in [2.24, 2.45) is 0 Å². The summed E-state index contributed by atoms with van der Waals surface area (Å²) in [6, 6.07) is 55.9. The van der Waals surface area contributed by atoms with Gasteiger partial charge in [0.15, 0.2) is 0 Å². The quantitative estimate of drug-likeness (QED) is 0.185. The summed E-state index contributed by atoms with van der Waals surface area (Å²) in [5.41, 5.74) is 11.2. The van der Waals surface area contributed by atoms with Crippen LogP contribution in [0, 0.1) is 22.7 Å². The molecular formula is C44H30N4. The van der Waals surface area contributed by atoms with Crippen molar-refractivity contribution in [3.63, 3.8) is 0 Å². The Morgan fingerprint density at radius 2 is 0.833 bits per heavy atom. The molecule has 48 heavy (non-hydrogen) atoms. The number of rotatable bonds is 4. The molecule has 9 rings (SSSR count). The zero-order valence-corrected chi connectivity index (χ0v) is 26.2. The molecule has 2 unspecified atom stereocenters. The molecule has 0 amide bonds. The third-order valence-corrected chi connectivity index (χ3v) is 10.0. The topological polar surface area (TPSA) is 54.1 Å². The molecule has 0 fully saturated rings. The molecule has 0 aliphatic carbocycles. The van der Waals surface area contributed by atoms with Gasteiger partial charge in [0.05, 0.1) is 12.1 Å². The monoisotopic (exact) mass is 614 g/mol. The Morgan fingerprint density at radius 1 is 0.438 bits per heavy atom. The first-order chi connectivity index (χ1) is 23.7. The highest BCUT2D eigenvalue weighted by atomic mass is 15.2. The second kappa shape index (κ2) is 11.2. The molecule has 0 aromatic heterocycles. The fraction of sp³-hybridized carbons (Fsp3) is 0.0909. The van der Waals surface area contributed by atoms with E-state index in [2.05, 4.69) is 168 Å². The molecule has 4 heteroatoms. The molecule has 0 radical (unpaired) electrons. The molecule has 2 aliphatic rings. The van der Waals surface area contributed by atoms with Crippen LogP contribution < -0.4 is 9.80 Å². The Bertz CT molecular complexity index is 2280. The van der Waals surface area contributed by atoms with Gasteiger partial charge in [0.2, 0.25) is 0 Å². The van der Waals surface area contributed by atoms with Crippen LogP contribution >= 0.6 is 0 Å². The van der Waals surface area contributed by atoms with E-state index in [1.807, 2.05) is 0 Å². The Morgan fingerprint density at radius 3 is 1.25 bits per heavy atom. The maximum atomic E-state index is 10.2. The fourth-order valence-electron chi connectivity index (χ4n) is 7.95. The van der Waals surface area contributed by atoms with Crippen molar-refractivity contribution < 1.29 is 0 Å². The smallest absolute Gasteiger partial charge is 0.125 e. The number of anilines is 4. The van der Waals surface area contributed by atoms with Crippen LogP contribution in [0.2, 0.25) is 0 Å². The highest BCUT2D eigenvalue weighted by Crippen LogP contribution is 2.48. The van der Waals surface area contributed by atoms with Gasteiger partial charge in [-0.2, -0.15) is 10.5 Å². The number of hydrogen-bond acceptors (Lipinski definition) is 4. The third kappa shape index (κ3) is 4.28. The molecule has 7 aromatic rings. The molecule has 0 saturated heterocycles. The molecule has 0 saturated carbocycles. The van der Waals surface area contributed by atoms with Gasteiger partial charge in [0.1, 0.15) is 12.1 Å². The molecule has 0 N–H and O–H groups in total. The average Bonchev–Trinajstić information content (AvgIpc) is 3.72. The predicted octanol–water partition coefficient (Wildman–Crippen LogP) is 10.5. The van der Waals surface area contributed by atoms with Crippen molar-refractivity contribution >= 4 is 44.3 Å². The van der Waals surface area contributed by atoms with E-state index in [1.165, 1.54) is 11.1 Å². The molecule has 7 aromatic carbocycles. The van der Waals surface area contributed by atoms with Crippen LogP contribution in [0.3, 0.4) is 0 Å². The Hall–Kier alpha value is -6.36. The lowest BCUT2D eigenvalue weighted by atomic mass is 9.85. The summed E-state index contributed by atoms with van der Waals surface area (Å²) in [7, 11) is 0. The summed E-state index contributed by atoms with van der Waals surface area (Å²) in [4.78, 5) is 4.40. The first-order valence-corrected chi connectivity index (χ1v) is 16.4. The van der Waals surface area contributed by atoms with E-state index in [0.717, 1.165) is 66.5 Å². The lowest BCUT2D eigenvalue weighted by molar-refractivity contribution is 0.847. The van der Waals surface area contributed by atoms with E-state index in [1.54, 1.807) is 0 Å². The molecule has 2 aliphatic heterocycles. The van der Waals surface area contributed by atoms with Gasteiger partial charge in [-0.3, -0.25) is 0 Å². The van der Waals surface area contributed by atoms with Crippen molar-refractivity contribution in [2.75, 3.05) is 9.80 Å². The van der Waals surface area contributed by atoms with Crippen molar-refractivity contribution in [3.05, 3.63) is 157 Å². The number of nitriles is 2. The molecular weight excluding hydrogens is 585 g/mol. The highest BCUT2D eigenvalue weighted by molar-refractivity contribution is 6.22. The van der Waals surface area contributed by atoms with E-state index in [-0.39, 0.29) is 12.1 Å². The summed E-state index contributed by atoms with van der Waals surface area (Å²) in [5.74, 6) is 0. The fourth-order valence-corrected chi connectivity index (χ4v) is 7.95. The standard InChI is InChI=1S/C44H30N4/c45-27-35-23-31-15-7-9-17-41(31)47(35)33-20-22-38-39(25-33)43(29-11-3-1-4-12-29)37-21-19-34(26-40(37)44(38)30-13-5-2-6-14-30)48-36(28-46)24-32-16-8-10-18-42(32)48/h1-22,25-26,35-36H,23-24H2. The molecule has 4 nitrogen and oxygen atoms in total. The number of fused-ring (bicyclic) bond motifs is 4. The van der Waals surface area contributed by atoms with Crippen LogP contribution in [-0.4, -0.2) is 12.1 Å². The number of hydrogen-bond donors (Lipinski definition) is 0. The second-order valence-corrected chi connectivity index (χ2v) is 12.6. The number of nitrogens with zero attached hydrogens (tertiary/aromatic N) is 4. The van der Waals surface area contributed by atoms with E-state index in [9.17, 15) is 10.5 Å². The predicted molar refractivity (Wildman–Crippen MR) is 196 cm³/mol. The normalized spacial score (nSPS) is 16.5. The van der Waals surface area contributed by atoms with Gasteiger partial charge in [0, 0.05) is 35.6 Å². The number of para-hydroxylation sites is 2. The zero-order valence-electron chi connectivity index (χ0n) is 26.2. The lowest BCUT2D eigenvalue weighted by Gasteiger charge is -2.27. The lowest BCUT2D eigenvalue weighted by Crippen LogP contribution is -2.25. The summed E-state index contributed by atoms with van der Waals surface area (Å²) in [5, 5.41) is 25.1. The summed E-state index contributed by atoms with van der Waals surface area (Å²) >= 11 is 0. The second-order valence-electron chi connectivity index (χ2n) is 12.6. The summed E-state index contributed by atoms with van der Waals surface area (Å²) in [6.07, 6.45) is 1.41. The van der Waals surface area contributed by atoms with Gasteiger partial charge in [-0.15, -0.1) is 0 Å². The van der Waals surface area contributed by atoms with Crippen LogP contribution in [0.1, 0.15) is 11.1 Å². The first kappa shape index (κ1) is 27.9. The van der Waals surface area contributed by atoms with Crippen molar-refractivity contribution in [3.8, 4) is 34.4 Å². The van der Waals surface area contributed by atoms with Gasteiger partial charge in [-0.05, 0) is 91.3 Å². The van der Waals surface area contributed by atoms with Crippen LogP contribution in [0.5, 0.6) is 0 Å². The van der Waals surface area contributed by atoms with E-state index >= 15 is 0 Å². The van der Waals surface area contributed by atoms with E-state index in [0.29, 0.717) is 12.8 Å². The third-order valence-electron chi connectivity index (χ3n) is 10.0. The van der Waals surface area contributed by atoms with Gasteiger partial charge >= 0.3 is 0 Å². The maximum absolute atomic E-state index is 10.2. The Kier molecular flexibility index (Phi) is 6.49. The minimum atomic E-state index is -0.270. The molecule has 0 spiro atoms. The molecule has 2 heterocycles. The van der Waals surface area contributed by atoms with E-state index < -0.39 is 0 Å². The SMILES string of the molecule is N#CC1Cc2ccccc2N1c1ccc2c(-c3ccccc3)c3cc(N4c5ccccc5CC4C#N)ccc3c(-c3ccccc3)c2c1. The summed E-state index contributed by atoms with van der Waals surface area (Å²) in [6.45, 7) is 0. The van der Waals surface area contributed by atoms with Gasteiger partial charge in [-0.1, -0.05) is 109 Å². The Balaban J connectivity index is 1.36. The first-order valence-electron chi connectivity index (χ1n) is 16.4. The largest absolute Gasteiger partial charge is 0.324 e. The molecule has 0 bridgehead atoms. The average molecular weight is 615 g/mol. The molecule has 2 atom stereocenters. The van der Waals surface area contributed by atoms with E-state index in [4.69, 9.17) is 0 Å². The highest BCUT2D eigenvalue weighted by Gasteiger charge is 2.32. The van der Waals surface area contributed by atoms with Crippen molar-refractivity contribution in [2.45, 2.75) is 24.9 Å². The van der Waals surface area contributed by atoms with Crippen molar-refractivity contribution in [1.29, 1.82) is 10.5 Å². The molecule has 226 valence electrons. The van der Waals surface area contributed by atoms with Crippen LogP contribution in [0.4, 0.5) is 22.7 Å². The van der Waals surface area contributed by atoms with Crippen LogP contribution in [0.15, 0.2) is 146 Å². The van der Waals surface area contributed by atoms with Crippen LogP contribution in [0.25, 0.3) is 43.8 Å².